The van der Waals surface area contributed by atoms with Gasteiger partial charge in [0.05, 0.1) is 5.56 Å². The molecule has 4 nitrogen and oxygen atoms in total. The molecule has 0 atom stereocenters. The Morgan fingerprint density at radius 3 is 2.58 bits per heavy atom. The van der Waals surface area contributed by atoms with Gasteiger partial charge in [0.2, 0.25) is 5.88 Å². The molecule has 0 saturated heterocycles. The predicted molar refractivity (Wildman–Crippen MR) is 97.7 cm³/mol. The fraction of sp³-hybridized carbons (Fsp3) is 0.474. The average molecular weight is 344 g/mol. The second kappa shape index (κ2) is 7.88. The van der Waals surface area contributed by atoms with Gasteiger partial charge in [-0.1, -0.05) is 68.3 Å². The Hall–Kier alpha value is -1.75. The fourth-order valence-corrected chi connectivity index (χ4v) is 4.34. The molecule has 1 heterocycles. The van der Waals surface area contributed by atoms with E-state index in [-0.39, 0.29) is 17.5 Å². The van der Waals surface area contributed by atoms with Crippen molar-refractivity contribution in [3.63, 3.8) is 0 Å². The van der Waals surface area contributed by atoms with Crippen molar-refractivity contribution in [3.05, 3.63) is 51.8 Å². The van der Waals surface area contributed by atoms with Gasteiger partial charge in [0.15, 0.2) is 5.16 Å². The van der Waals surface area contributed by atoms with Crippen molar-refractivity contribution in [2.24, 2.45) is 0 Å². The summed E-state index contributed by atoms with van der Waals surface area (Å²) in [7, 11) is 0. The second-order valence-electron chi connectivity index (χ2n) is 6.29. The molecule has 3 rings (SSSR count). The lowest BCUT2D eigenvalue weighted by atomic mass is 9.95. The van der Waals surface area contributed by atoms with E-state index in [2.05, 4.69) is 17.1 Å². The van der Waals surface area contributed by atoms with E-state index in [0.29, 0.717) is 17.1 Å². The highest BCUT2D eigenvalue weighted by Gasteiger charge is 2.23. The van der Waals surface area contributed by atoms with Crippen LogP contribution in [0.4, 0.5) is 0 Å². The van der Waals surface area contributed by atoms with Crippen LogP contribution in [0, 0.1) is 0 Å². The molecule has 1 aromatic carbocycles. The molecule has 2 aromatic rings. The first-order valence-corrected chi connectivity index (χ1v) is 9.70. The zero-order valence-electron chi connectivity index (χ0n) is 14.1. The predicted octanol–water partition coefficient (Wildman–Crippen LogP) is 4.31. The Morgan fingerprint density at radius 1 is 1.21 bits per heavy atom. The lowest BCUT2D eigenvalue weighted by molar-refractivity contribution is 0.315. The van der Waals surface area contributed by atoms with Crippen molar-refractivity contribution in [2.45, 2.75) is 62.4 Å². The minimum Gasteiger partial charge on any atom is -0.493 e. The van der Waals surface area contributed by atoms with E-state index in [9.17, 15) is 9.90 Å². The summed E-state index contributed by atoms with van der Waals surface area (Å²) in [5.41, 5.74) is 1.56. The molecule has 0 bridgehead atoms. The molecule has 24 heavy (non-hydrogen) atoms. The summed E-state index contributed by atoms with van der Waals surface area (Å²) in [6, 6.07) is 10.4. The fourth-order valence-electron chi connectivity index (χ4n) is 3.33. The molecule has 1 fully saturated rings. The lowest BCUT2D eigenvalue weighted by Gasteiger charge is -2.26. The zero-order chi connectivity index (χ0) is 16.9. The normalized spacial score (nSPS) is 15.5. The van der Waals surface area contributed by atoms with Crippen LogP contribution in [0.15, 0.2) is 40.3 Å². The largest absolute Gasteiger partial charge is 0.493 e. The van der Waals surface area contributed by atoms with E-state index in [1.165, 1.54) is 23.7 Å². The highest BCUT2D eigenvalue weighted by atomic mass is 32.2. The standard InChI is InChI=1S/C19H24N2O2S/c1-2-16-17(22)20-19(24-13-14-9-5-3-6-10-14)21(18(16)23)15-11-7-4-8-12-15/h3,5-6,9-10,15,22H,2,4,7-8,11-13H2,1H3. The van der Waals surface area contributed by atoms with Crippen LogP contribution in [0.5, 0.6) is 5.88 Å². The molecule has 0 aliphatic heterocycles. The maximum absolute atomic E-state index is 12.9. The summed E-state index contributed by atoms with van der Waals surface area (Å²) in [6.45, 7) is 1.89. The van der Waals surface area contributed by atoms with Crippen LogP contribution in [0.3, 0.4) is 0 Å². The van der Waals surface area contributed by atoms with Crippen LogP contribution in [0.1, 0.15) is 56.2 Å². The third-order valence-electron chi connectivity index (χ3n) is 4.66. The van der Waals surface area contributed by atoms with Gasteiger partial charge in [-0.05, 0) is 24.8 Å². The number of rotatable bonds is 5. The van der Waals surface area contributed by atoms with E-state index < -0.39 is 0 Å². The monoisotopic (exact) mass is 344 g/mol. The first kappa shape index (κ1) is 17.1. The van der Waals surface area contributed by atoms with Gasteiger partial charge in [0.25, 0.3) is 5.56 Å². The molecular weight excluding hydrogens is 320 g/mol. The molecule has 1 aliphatic carbocycles. The van der Waals surface area contributed by atoms with Gasteiger partial charge < -0.3 is 5.11 Å². The van der Waals surface area contributed by atoms with Crippen molar-refractivity contribution in [1.82, 2.24) is 9.55 Å². The first-order chi connectivity index (χ1) is 11.7. The van der Waals surface area contributed by atoms with Crippen LogP contribution >= 0.6 is 11.8 Å². The number of hydrogen-bond acceptors (Lipinski definition) is 4. The number of aromatic nitrogens is 2. The number of hydrogen-bond donors (Lipinski definition) is 1. The highest BCUT2D eigenvalue weighted by Crippen LogP contribution is 2.32. The van der Waals surface area contributed by atoms with Crippen molar-refractivity contribution >= 4 is 11.8 Å². The van der Waals surface area contributed by atoms with E-state index in [1.54, 1.807) is 0 Å². The van der Waals surface area contributed by atoms with E-state index in [4.69, 9.17) is 0 Å². The minimum absolute atomic E-state index is 0.0625. The third-order valence-corrected chi connectivity index (χ3v) is 5.68. The summed E-state index contributed by atoms with van der Waals surface area (Å²) in [5, 5.41) is 10.8. The number of nitrogens with zero attached hydrogens (tertiary/aromatic N) is 2. The Labute approximate surface area is 146 Å². The summed E-state index contributed by atoms with van der Waals surface area (Å²) in [6.07, 6.45) is 6.10. The molecule has 1 N–H and O–H groups in total. The molecule has 1 aromatic heterocycles. The quantitative estimate of drug-likeness (QED) is 0.649. The maximum atomic E-state index is 12.9. The second-order valence-corrected chi connectivity index (χ2v) is 7.23. The van der Waals surface area contributed by atoms with Gasteiger partial charge in [0, 0.05) is 11.8 Å². The Kier molecular flexibility index (Phi) is 5.61. The summed E-state index contributed by atoms with van der Waals surface area (Å²) in [4.78, 5) is 17.3. The Morgan fingerprint density at radius 2 is 1.92 bits per heavy atom. The minimum atomic E-state index is -0.106. The van der Waals surface area contributed by atoms with Crippen molar-refractivity contribution < 1.29 is 5.11 Å². The molecule has 0 unspecified atom stereocenters. The average Bonchev–Trinajstić information content (AvgIpc) is 2.62. The van der Waals surface area contributed by atoms with Crippen LogP contribution < -0.4 is 5.56 Å². The molecule has 128 valence electrons. The highest BCUT2D eigenvalue weighted by molar-refractivity contribution is 7.98. The van der Waals surface area contributed by atoms with Gasteiger partial charge in [-0.15, -0.1) is 0 Å². The third kappa shape index (κ3) is 3.66. The number of benzene rings is 1. The molecule has 0 spiro atoms. The molecule has 1 aliphatic rings. The van der Waals surface area contributed by atoms with Crippen molar-refractivity contribution in [1.29, 1.82) is 0 Å². The van der Waals surface area contributed by atoms with Gasteiger partial charge in [-0.25, -0.2) is 0 Å². The van der Waals surface area contributed by atoms with Crippen LogP contribution in [0.25, 0.3) is 0 Å². The van der Waals surface area contributed by atoms with E-state index >= 15 is 0 Å². The van der Waals surface area contributed by atoms with Gasteiger partial charge >= 0.3 is 0 Å². The van der Waals surface area contributed by atoms with Gasteiger partial charge in [-0.3, -0.25) is 9.36 Å². The first-order valence-electron chi connectivity index (χ1n) is 8.71. The molecule has 1 saturated carbocycles. The number of aromatic hydroxyl groups is 1. The Bertz CT molecular complexity index is 737. The maximum Gasteiger partial charge on any atom is 0.261 e. The van der Waals surface area contributed by atoms with E-state index in [0.717, 1.165) is 31.4 Å². The SMILES string of the molecule is CCc1c(O)nc(SCc2ccccc2)n(C2CCCCC2)c1=O. The van der Waals surface area contributed by atoms with Gasteiger partial charge in [-0.2, -0.15) is 4.98 Å². The summed E-state index contributed by atoms with van der Waals surface area (Å²) < 4.78 is 1.85. The van der Waals surface area contributed by atoms with Crippen LogP contribution in [0.2, 0.25) is 0 Å². The molecule has 0 amide bonds. The molecular formula is C19H24N2O2S. The zero-order valence-corrected chi connectivity index (χ0v) is 14.9. The number of thioether (sulfide) groups is 1. The topological polar surface area (TPSA) is 55.1 Å². The molecule has 5 heteroatoms. The van der Waals surface area contributed by atoms with Crippen LogP contribution in [-0.2, 0) is 12.2 Å². The Balaban J connectivity index is 1.95. The van der Waals surface area contributed by atoms with E-state index in [1.807, 2.05) is 29.7 Å². The summed E-state index contributed by atoms with van der Waals surface area (Å²) in [5.74, 6) is 0.635. The summed E-state index contributed by atoms with van der Waals surface area (Å²) >= 11 is 1.53. The molecule has 0 radical (unpaired) electrons. The van der Waals surface area contributed by atoms with Gasteiger partial charge in [0.1, 0.15) is 0 Å². The van der Waals surface area contributed by atoms with Crippen molar-refractivity contribution in [2.75, 3.05) is 0 Å². The smallest absolute Gasteiger partial charge is 0.261 e. The van der Waals surface area contributed by atoms with Crippen molar-refractivity contribution in [3.8, 4) is 5.88 Å². The lowest BCUT2D eigenvalue weighted by Crippen LogP contribution is -2.31. The van der Waals surface area contributed by atoms with Crippen LogP contribution in [-0.4, -0.2) is 14.7 Å².